The summed E-state index contributed by atoms with van der Waals surface area (Å²) in [6, 6.07) is 5.59. The van der Waals surface area contributed by atoms with E-state index in [0.717, 1.165) is 6.07 Å². The molecule has 0 saturated heterocycles. The highest BCUT2D eigenvalue weighted by Gasteiger charge is 2.16. The fourth-order valence-corrected chi connectivity index (χ4v) is 1.88. The lowest BCUT2D eigenvalue weighted by Crippen LogP contribution is -2.13. The van der Waals surface area contributed by atoms with Gasteiger partial charge in [-0.05, 0) is 32.0 Å². The van der Waals surface area contributed by atoms with Crippen molar-refractivity contribution in [3.05, 3.63) is 57.0 Å². The summed E-state index contributed by atoms with van der Waals surface area (Å²) < 4.78 is 27.3. The summed E-state index contributed by atoms with van der Waals surface area (Å²) in [5, 5.41) is 9.00. The Morgan fingerprint density at radius 2 is 1.89 bits per heavy atom. The van der Waals surface area contributed by atoms with Gasteiger partial charge in [0.2, 0.25) is 0 Å². The molecular formula is C14H10F2N2O. The van der Waals surface area contributed by atoms with E-state index in [1.165, 1.54) is 19.1 Å². The molecule has 0 spiro atoms. The van der Waals surface area contributed by atoms with Crippen molar-refractivity contribution in [2.24, 2.45) is 0 Å². The van der Waals surface area contributed by atoms with Crippen LogP contribution in [0.15, 0.2) is 23.0 Å². The minimum absolute atomic E-state index is 0.0460. The fraction of sp³-hybridized carbons (Fsp3) is 0.143. The molecule has 0 unspecified atom stereocenters. The smallest absolute Gasteiger partial charge is 0.266 e. The minimum atomic E-state index is -0.762. The first-order chi connectivity index (χ1) is 8.95. The van der Waals surface area contributed by atoms with Gasteiger partial charge in [-0.2, -0.15) is 5.26 Å². The molecule has 96 valence electrons. The van der Waals surface area contributed by atoms with Gasteiger partial charge in [-0.1, -0.05) is 0 Å². The number of aromatic nitrogens is 1. The van der Waals surface area contributed by atoms with Gasteiger partial charge >= 0.3 is 0 Å². The molecule has 0 radical (unpaired) electrons. The third kappa shape index (κ3) is 2.13. The second-order valence-corrected chi connectivity index (χ2v) is 4.22. The van der Waals surface area contributed by atoms with Gasteiger partial charge in [0.15, 0.2) is 0 Å². The van der Waals surface area contributed by atoms with Crippen molar-refractivity contribution < 1.29 is 8.78 Å². The van der Waals surface area contributed by atoms with Gasteiger partial charge in [0.1, 0.15) is 23.3 Å². The number of nitrogens with zero attached hydrogens (tertiary/aromatic N) is 1. The Kier molecular flexibility index (Phi) is 3.17. The zero-order valence-electron chi connectivity index (χ0n) is 10.3. The van der Waals surface area contributed by atoms with Crippen molar-refractivity contribution in [3.8, 4) is 17.2 Å². The first-order valence-corrected chi connectivity index (χ1v) is 5.54. The topological polar surface area (TPSA) is 56.6 Å². The predicted molar refractivity (Wildman–Crippen MR) is 66.6 cm³/mol. The first kappa shape index (κ1) is 13.0. The third-order valence-corrected chi connectivity index (χ3v) is 2.89. The molecule has 0 saturated carbocycles. The van der Waals surface area contributed by atoms with Crippen LogP contribution >= 0.6 is 0 Å². The molecule has 1 N–H and O–H groups in total. The van der Waals surface area contributed by atoms with Crippen molar-refractivity contribution in [2.45, 2.75) is 13.8 Å². The molecule has 0 bridgehead atoms. The Labute approximate surface area is 108 Å². The Morgan fingerprint density at radius 1 is 1.21 bits per heavy atom. The number of H-pyrrole nitrogens is 1. The lowest BCUT2D eigenvalue weighted by atomic mass is 9.98. The Bertz CT molecular complexity index is 757. The number of halogens is 2. The highest BCUT2D eigenvalue weighted by molar-refractivity contribution is 5.71. The number of benzene rings is 1. The SMILES string of the molecule is Cc1cc(-c2ccc(F)c(C)c2F)c(C#N)c(=O)[nH]1. The van der Waals surface area contributed by atoms with Crippen LogP contribution in [0, 0.1) is 36.8 Å². The standard InChI is InChI=1S/C14H10F2N2O/c1-7-5-10(11(6-17)14(19)18-7)9-3-4-12(15)8(2)13(9)16/h3-5H,1-2H3,(H,18,19). The van der Waals surface area contributed by atoms with Crippen molar-refractivity contribution in [2.75, 3.05) is 0 Å². The highest BCUT2D eigenvalue weighted by atomic mass is 19.1. The van der Waals surface area contributed by atoms with E-state index in [1.807, 2.05) is 0 Å². The molecule has 3 nitrogen and oxygen atoms in total. The van der Waals surface area contributed by atoms with Crippen LogP contribution in [0.1, 0.15) is 16.8 Å². The van der Waals surface area contributed by atoms with E-state index >= 15 is 0 Å². The summed E-state index contributed by atoms with van der Waals surface area (Å²) in [7, 11) is 0. The molecule has 2 aromatic rings. The maximum Gasteiger partial charge on any atom is 0.266 e. The van der Waals surface area contributed by atoms with Crippen molar-refractivity contribution >= 4 is 0 Å². The fourth-order valence-electron chi connectivity index (χ4n) is 1.88. The summed E-state index contributed by atoms with van der Waals surface area (Å²) >= 11 is 0. The lowest BCUT2D eigenvalue weighted by Gasteiger charge is -2.09. The van der Waals surface area contributed by atoms with E-state index in [2.05, 4.69) is 4.98 Å². The van der Waals surface area contributed by atoms with Crippen LogP contribution in [0.3, 0.4) is 0 Å². The van der Waals surface area contributed by atoms with Crippen molar-refractivity contribution in [1.82, 2.24) is 4.98 Å². The maximum absolute atomic E-state index is 14.1. The number of hydrogen-bond donors (Lipinski definition) is 1. The summed E-state index contributed by atoms with van der Waals surface area (Å²) in [6.45, 7) is 2.93. The number of hydrogen-bond acceptors (Lipinski definition) is 2. The number of aromatic amines is 1. The number of pyridine rings is 1. The largest absolute Gasteiger partial charge is 0.325 e. The quantitative estimate of drug-likeness (QED) is 0.857. The Morgan fingerprint density at radius 3 is 2.53 bits per heavy atom. The molecule has 0 aliphatic rings. The van der Waals surface area contributed by atoms with Crippen LogP contribution in [-0.4, -0.2) is 4.98 Å². The molecule has 1 aromatic heterocycles. The first-order valence-electron chi connectivity index (χ1n) is 5.54. The molecule has 0 atom stereocenters. The molecule has 2 rings (SSSR count). The molecule has 1 aromatic carbocycles. The Hall–Kier alpha value is -2.48. The van der Waals surface area contributed by atoms with Crippen LogP contribution in [-0.2, 0) is 0 Å². The van der Waals surface area contributed by atoms with E-state index in [-0.39, 0.29) is 22.3 Å². The summed E-state index contributed by atoms with van der Waals surface area (Å²) in [6.07, 6.45) is 0. The Balaban J connectivity index is 2.84. The molecule has 1 heterocycles. The zero-order chi connectivity index (χ0) is 14.2. The number of rotatable bonds is 1. The van der Waals surface area contributed by atoms with Crippen LogP contribution in [0.4, 0.5) is 8.78 Å². The second kappa shape index (κ2) is 4.65. The third-order valence-electron chi connectivity index (χ3n) is 2.89. The van der Waals surface area contributed by atoms with Crippen LogP contribution < -0.4 is 5.56 Å². The van der Waals surface area contributed by atoms with Crippen LogP contribution in [0.5, 0.6) is 0 Å². The monoisotopic (exact) mass is 260 g/mol. The maximum atomic E-state index is 14.1. The van der Waals surface area contributed by atoms with E-state index in [0.29, 0.717) is 5.69 Å². The van der Waals surface area contributed by atoms with Gasteiger partial charge in [-0.15, -0.1) is 0 Å². The average Bonchev–Trinajstić information content (AvgIpc) is 2.35. The lowest BCUT2D eigenvalue weighted by molar-refractivity contribution is 0.570. The van der Waals surface area contributed by atoms with Crippen LogP contribution in [0.25, 0.3) is 11.1 Å². The van der Waals surface area contributed by atoms with Crippen LogP contribution in [0.2, 0.25) is 0 Å². The van der Waals surface area contributed by atoms with E-state index in [4.69, 9.17) is 5.26 Å². The molecule has 0 amide bonds. The van der Waals surface area contributed by atoms with Crippen molar-refractivity contribution in [3.63, 3.8) is 0 Å². The van der Waals surface area contributed by atoms with Gasteiger partial charge in [-0.3, -0.25) is 4.79 Å². The molecule has 0 aliphatic heterocycles. The predicted octanol–water partition coefficient (Wildman–Crippen LogP) is 2.81. The molecule has 0 aliphatic carbocycles. The van der Waals surface area contributed by atoms with E-state index < -0.39 is 17.2 Å². The molecule has 19 heavy (non-hydrogen) atoms. The second-order valence-electron chi connectivity index (χ2n) is 4.22. The van der Waals surface area contributed by atoms with Gasteiger partial charge in [0.25, 0.3) is 5.56 Å². The van der Waals surface area contributed by atoms with Crippen molar-refractivity contribution in [1.29, 1.82) is 5.26 Å². The van der Waals surface area contributed by atoms with Gasteiger partial charge in [0, 0.05) is 22.4 Å². The number of nitriles is 1. The minimum Gasteiger partial charge on any atom is -0.325 e. The van der Waals surface area contributed by atoms with E-state index in [1.54, 1.807) is 13.0 Å². The normalized spacial score (nSPS) is 10.3. The molecule has 5 heteroatoms. The average molecular weight is 260 g/mol. The number of aryl methyl sites for hydroxylation is 1. The van der Waals surface area contributed by atoms with Gasteiger partial charge in [-0.25, -0.2) is 8.78 Å². The van der Waals surface area contributed by atoms with Gasteiger partial charge < -0.3 is 4.98 Å². The molecule has 0 fully saturated rings. The summed E-state index contributed by atoms with van der Waals surface area (Å²) in [5.74, 6) is -1.43. The summed E-state index contributed by atoms with van der Waals surface area (Å²) in [4.78, 5) is 14.1. The zero-order valence-corrected chi connectivity index (χ0v) is 10.3. The molecular weight excluding hydrogens is 250 g/mol. The van der Waals surface area contributed by atoms with E-state index in [9.17, 15) is 13.6 Å². The summed E-state index contributed by atoms with van der Waals surface area (Å²) in [5.41, 5.74) is -0.192. The van der Waals surface area contributed by atoms with Gasteiger partial charge in [0.05, 0.1) is 0 Å². The highest BCUT2D eigenvalue weighted by Crippen LogP contribution is 2.27. The number of nitrogens with one attached hydrogen (secondary N) is 1.